The molecule has 0 saturated heterocycles. The molecule has 0 radical (unpaired) electrons. The first-order chi connectivity index (χ1) is 6.27. The van der Waals surface area contributed by atoms with Gasteiger partial charge in [-0.25, -0.2) is 0 Å². The maximum atomic E-state index is 9.34. The van der Waals surface area contributed by atoms with Crippen LogP contribution < -0.4 is 5.73 Å². The lowest BCUT2D eigenvalue weighted by Gasteiger charge is -1.73. The van der Waals surface area contributed by atoms with E-state index in [-0.39, 0.29) is 0 Å². The van der Waals surface area contributed by atoms with Crippen LogP contribution in [0, 0.1) is 0 Å². The van der Waals surface area contributed by atoms with Gasteiger partial charge in [-0.1, -0.05) is 0 Å². The van der Waals surface area contributed by atoms with E-state index < -0.39 is 32.8 Å². The van der Waals surface area contributed by atoms with E-state index in [0.717, 1.165) is 0 Å². The lowest BCUT2D eigenvalue weighted by molar-refractivity contribution is -0.120. The number of hydrogen-bond donors (Lipinski definition) is 4. The lowest BCUT2D eigenvalue weighted by atomic mass is 10.7. The van der Waals surface area contributed by atoms with Crippen molar-refractivity contribution in [2.75, 3.05) is 19.1 Å². The third-order valence-corrected chi connectivity index (χ3v) is 0.156. The van der Waals surface area contributed by atoms with E-state index >= 15 is 0 Å². The highest BCUT2D eigenvalue weighted by Gasteiger charge is 1.82. The standard InChI is InChI=1S/C2H5NO2.2CH4O3S/c3-2(5)1-4;2*1-5(2,3)4/h4H,1H2,(H2,3,5);2*1H3,(H,2,3,4). The largest absolute Gasteiger partial charge is 0.387 e. The molecule has 0 aromatic rings. The summed E-state index contributed by atoms with van der Waals surface area (Å²) in [7, 11) is -7.33. The van der Waals surface area contributed by atoms with Gasteiger partial charge < -0.3 is 10.8 Å². The van der Waals surface area contributed by atoms with E-state index in [1.165, 1.54) is 0 Å². The second kappa shape index (κ2) is 8.55. The van der Waals surface area contributed by atoms with Gasteiger partial charge in [0, 0.05) is 0 Å². The molecular formula is C4H13NO8S2. The van der Waals surface area contributed by atoms with E-state index in [1.807, 2.05) is 0 Å². The van der Waals surface area contributed by atoms with Crippen molar-refractivity contribution in [2.45, 2.75) is 0 Å². The Hall–Kier alpha value is -0.750. The summed E-state index contributed by atoms with van der Waals surface area (Å²) < 4.78 is 51.7. The predicted octanol–water partition coefficient (Wildman–Crippen LogP) is -2.53. The normalized spacial score (nSPS) is 10.2. The van der Waals surface area contributed by atoms with Crippen molar-refractivity contribution in [2.24, 2.45) is 5.73 Å². The number of carbonyl (C=O) groups excluding carboxylic acids is 1. The van der Waals surface area contributed by atoms with Crippen LogP contribution in [0.25, 0.3) is 0 Å². The SMILES string of the molecule is CS(=O)(=O)O.CS(=O)(=O)O.NC(=O)CO. The second-order valence-electron chi connectivity index (χ2n) is 2.09. The molecule has 0 aliphatic carbocycles. The van der Waals surface area contributed by atoms with Crippen LogP contribution >= 0.6 is 0 Å². The molecule has 0 atom stereocenters. The van der Waals surface area contributed by atoms with E-state index in [9.17, 15) is 21.6 Å². The summed E-state index contributed by atoms with van der Waals surface area (Å²) >= 11 is 0. The monoisotopic (exact) mass is 267 g/mol. The van der Waals surface area contributed by atoms with Gasteiger partial charge in [-0.05, 0) is 0 Å². The molecule has 0 aliphatic heterocycles. The number of carbonyl (C=O) groups is 1. The van der Waals surface area contributed by atoms with Crippen LogP contribution in [-0.2, 0) is 25.0 Å². The molecule has 0 rings (SSSR count). The molecule has 0 saturated carbocycles. The van der Waals surface area contributed by atoms with E-state index in [1.54, 1.807) is 0 Å². The number of rotatable bonds is 1. The fourth-order valence-electron chi connectivity index (χ4n) is 0. The van der Waals surface area contributed by atoms with E-state index in [0.29, 0.717) is 12.5 Å². The summed E-state index contributed by atoms with van der Waals surface area (Å²) in [5.41, 5.74) is 4.40. The zero-order valence-corrected chi connectivity index (χ0v) is 9.62. The number of amides is 1. The highest BCUT2D eigenvalue weighted by Crippen LogP contribution is 1.60. The van der Waals surface area contributed by atoms with Gasteiger partial charge in [0.15, 0.2) is 0 Å². The molecule has 0 fully saturated rings. The molecule has 0 aromatic carbocycles. The van der Waals surface area contributed by atoms with Crippen LogP contribution in [0.4, 0.5) is 0 Å². The van der Waals surface area contributed by atoms with Crippen molar-refractivity contribution in [3.8, 4) is 0 Å². The fraction of sp³-hybridized carbons (Fsp3) is 0.750. The minimum absolute atomic E-state index is 0.556. The van der Waals surface area contributed by atoms with Crippen LogP contribution in [0.15, 0.2) is 0 Å². The van der Waals surface area contributed by atoms with Crippen molar-refractivity contribution < 1.29 is 35.8 Å². The van der Waals surface area contributed by atoms with Crippen LogP contribution in [0.5, 0.6) is 0 Å². The molecule has 0 aliphatic rings. The van der Waals surface area contributed by atoms with Gasteiger partial charge in [-0.15, -0.1) is 0 Å². The quantitative estimate of drug-likeness (QED) is 0.376. The smallest absolute Gasteiger partial charge is 0.261 e. The summed E-state index contributed by atoms with van der Waals surface area (Å²) in [6, 6.07) is 0. The minimum atomic E-state index is -3.67. The molecule has 15 heavy (non-hydrogen) atoms. The van der Waals surface area contributed by atoms with Crippen LogP contribution in [-0.4, -0.2) is 56.1 Å². The van der Waals surface area contributed by atoms with Gasteiger partial charge in [0.25, 0.3) is 20.2 Å². The Morgan fingerprint density at radius 1 is 1.07 bits per heavy atom. The molecule has 0 heterocycles. The molecule has 94 valence electrons. The van der Waals surface area contributed by atoms with Crippen molar-refractivity contribution in [3.05, 3.63) is 0 Å². The molecular weight excluding hydrogens is 254 g/mol. The minimum Gasteiger partial charge on any atom is -0.387 e. The zero-order valence-electron chi connectivity index (χ0n) is 7.98. The Morgan fingerprint density at radius 2 is 1.13 bits per heavy atom. The summed E-state index contributed by atoms with van der Waals surface area (Å²) in [6.07, 6.45) is 1.43. The highest BCUT2D eigenvalue weighted by atomic mass is 32.2. The van der Waals surface area contributed by atoms with Crippen molar-refractivity contribution in [1.29, 1.82) is 0 Å². The molecule has 1 amide bonds. The third kappa shape index (κ3) is 1070. The average molecular weight is 267 g/mol. The molecule has 11 heteroatoms. The Bertz CT molecular complexity index is 308. The van der Waals surface area contributed by atoms with Crippen LogP contribution in [0.1, 0.15) is 0 Å². The van der Waals surface area contributed by atoms with Gasteiger partial charge in [0.2, 0.25) is 5.91 Å². The predicted molar refractivity (Wildman–Crippen MR) is 51.2 cm³/mol. The van der Waals surface area contributed by atoms with Gasteiger partial charge >= 0.3 is 0 Å². The average Bonchev–Trinajstić information content (AvgIpc) is 1.79. The van der Waals surface area contributed by atoms with Crippen molar-refractivity contribution in [3.63, 3.8) is 0 Å². The Balaban J connectivity index is -0.000000144. The zero-order chi connectivity index (χ0) is 13.3. The molecule has 0 aromatic heterocycles. The van der Waals surface area contributed by atoms with Gasteiger partial charge in [-0.3, -0.25) is 13.9 Å². The second-order valence-corrected chi connectivity index (χ2v) is 5.02. The van der Waals surface area contributed by atoms with Gasteiger partial charge in [0.05, 0.1) is 12.5 Å². The summed E-state index contributed by atoms with van der Waals surface area (Å²) in [4.78, 5) is 9.34. The maximum Gasteiger partial charge on any atom is 0.261 e. The highest BCUT2D eigenvalue weighted by molar-refractivity contribution is 7.85. The Kier molecular flexibility index (Phi) is 11.3. The molecule has 9 nitrogen and oxygen atoms in total. The first-order valence-corrected chi connectivity index (χ1v) is 6.71. The van der Waals surface area contributed by atoms with Gasteiger partial charge in [-0.2, -0.15) is 16.8 Å². The van der Waals surface area contributed by atoms with Gasteiger partial charge in [0.1, 0.15) is 6.61 Å². The molecule has 5 N–H and O–H groups in total. The van der Waals surface area contributed by atoms with Crippen LogP contribution in [0.3, 0.4) is 0 Å². The summed E-state index contributed by atoms with van der Waals surface area (Å²) in [5, 5.41) is 7.67. The lowest BCUT2D eigenvalue weighted by Crippen LogP contribution is -2.14. The number of aliphatic hydroxyl groups is 1. The first kappa shape index (κ1) is 19.8. The van der Waals surface area contributed by atoms with Crippen molar-refractivity contribution >= 4 is 26.1 Å². The van der Waals surface area contributed by atoms with E-state index in [4.69, 9.17) is 14.2 Å². The van der Waals surface area contributed by atoms with E-state index in [2.05, 4.69) is 5.73 Å². The Morgan fingerprint density at radius 3 is 1.13 bits per heavy atom. The fourth-order valence-corrected chi connectivity index (χ4v) is 0. The van der Waals surface area contributed by atoms with Crippen molar-refractivity contribution in [1.82, 2.24) is 0 Å². The Labute approximate surface area is 87.4 Å². The number of primary amides is 1. The third-order valence-electron chi connectivity index (χ3n) is 0.156. The topological polar surface area (TPSA) is 172 Å². The number of aliphatic hydroxyl groups excluding tert-OH is 1. The first-order valence-electron chi connectivity index (χ1n) is 3.01. The molecule has 0 unspecified atom stereocenters. The number of nitrogens with two attached hydrogens (primary N) is 1. The summed E-state index contributed by atoms with van der Waals surface area (Å²) in [5.74, 6) is -0.690. The van der Waals surface area contributed by atoms with Crippen LogP contribution in [0.2, 0.25) is 0 Å². The maximum absolute atomic E-state index is 9.34. The summed E-state index contributed by atoms with van der Waals surface area (Å²) in [6.45, 7) is -0.556. The molecule has 0 spiro atoms. The number of hydrogen-bond acceptors (Lipinski definition) is 6. The molecule has 0 bridgehead atoms.